The minimum atomic E-state index is -2.31. The molecule has 13 nitrogen and oxygen atoms in total. The van der Waals surface area contributed by atoms with E-state index in [9.17, 15) is 28.8 Å². The molecule has 220 valence electrons. The Morgan fingerprint density at radius 1 is 0.925 bits per heavy atom. The molecule has 1 fully saturated rings. The molecule has 2 rings (SSSR count). The van der Waals surface area contributed by atoms with Gasteiger partial charge in [0.2, 0.25) is 11.0 Å². The average molecular weight is 586 g/mol. The van der Waals surface area contributed by atoms with Gasteiger partial charge in [-0.3, -0.25) is 24.0 Å². The van der Waals surface area contributed by atoms with Gasteiger partial charge in [0, 0.05) is 41.0 Å². The fourth-order valence-electron chi connectivity index (χ4n) is 4.06. The second-order valence-electron chi connectivity index (χ2n) is 8.98. The zero-order chi connectivity index (χ0) is 30.0. The van der Waals surface area contributed by atoms with E-state index in [4.69, 9.17) is 40.0 Å². The van der Waals surface area contributed by atoms with Crippen LogP contribution in [-0.2, 0) is 63.8 Å². The predicted molar refractivity (Wildman–Crippen MR) is 135 cm³/mol. The van der Waals surface area contributed by atoms with Crippen molar-refractivity contribution in [2.45, 2.75) is 83.2 Å². The molecular formula is C26H32ClNO12. The molecule has 0 bridgehead atoms. The largest absolute Gasteiger partial charge is 0.462 e. The molecule has 0 spiro atoms. The molecule has 0 unspecified atom stereocenters. The summed E-state index contributed by atoms with van der Waals surface area (Å²) in [5.41, 5.74) is 0.644. The number of rotatable bonds is 11. The number of hydrogen-bond acceptors (Lipinski definition) is 12. The van der Waals surface area contributed by atoms with Crippen molar-refractivity contribution in [3.63, 3.8) is 0 Å². The van der Waals surface area contributed by atoms with Crippen molar-refractivity contribution in [2.24, 2.45) is 0 Å². The Morgan fingerprint density at radius 2 is 1.55 bits per heavy atom. The standard InChI is InChI=1S/C26H32ClNO12/c1-14(29)28-22-20(37-16(3)31)11-26(27,25(34)36-12-19-9-7-6-8-10-19)40-24(22)23(39-18(5)33)21(38-17(4)32)13-35-15(2)30/h6-10,20-24H,11-13H2,1-5H3,(H,28,29)/t20-,21+,22+,23-,24+,26-/m0/s1. The minimum absolute atomic E-state index is 0.175. The fraction of sp³-hybridized carbons (Fsp3) is 0.538. The lowest BCUT2D eigenvalue weighted by atomic mass is 9.89. The normalized spacial score (nSPS) is 23.5. The molecule has 1 aliphatic rings. The number of esters is 5. The van der Waals surface area contributed by atoms with Crippen LogP contribution < -0.4 is 5.32 Å². The average Bonchev–Trinajstić information content (AvgIpc) is 2.85. The highest BCUT2D eigenvalue weighted by molar-refractivity contribution is 6.32. The Labute approximate surface area is 235 Å². The second kappa shape index (κ2) is 14.6. The van der Waals surface area contributed by atoms with Crippen LogP contribution in [0.4, 0.5) is 0 Å². The Morgan fingerprint density at radius 3 is 2.08 bits per heavy atom. The summed E-state index contributed by atoms with van der Waals surface area (Å²) < 4.78 is 32.4. The smallest absolute Gasteiger partial charge is 0.354 e. The van der Waals surface area contributed by atoms with Gasteiger partial charge in [-0.25, -0.2) is 4.79 Å². The lowest BCUT2D eigenvalue weighted by Crippen LogP contribution is -2.67. The summed E-state index contributed by atoms with van der Waals surface area (Å²) in [5, 5.41) is 0.247. The summed E-state index contributed by atoms with van der Waals surface area (Å²) in [5.74, 6) is -4.90. The van der Waals surface area contributed by atoms with Crippen LogP contribution >= 0.6 is 11.6 Å². The van der Waals surface area contributed by atoms with E-state index in [1.54, 1.807) is 30.3 Å². The molecule has 0 saturated carbocycles. The Hall–Kier alpha value is -3.71. The third-order valence-electron chi connectivity index (χ3n) is 5.51. The molecule has 0 aromatic heterocycles. The van der Waals surface area contributed by atoms with Gasteiger partial charge in [0.1, 0.15) is 25.4 Å². The first-order valence-corrected chi connectivity index (χ1v) is 12.6. The number of ether oxygens (including phenoxy) is 6. The topological polar surface area (TPSA) is 170 Å². The fourth-order valence-corrected chi connectivity index (χ4v) is 4.37. The van der Waals surface area contributed by atoms with Crippen LogP contribution in [0.25, 0.3) is 0 Å². The highest BCUT2D eigenvalue weighted by atomic mass is 35.5. The molecule has 6 atom stereocenters. The van der Waals surface area contributed by atoms with E-state index in [1.807, 2.05) is 0 Å². The number of amides is 1. The van der Waals surface area contributed by atoms with Gasteiger partial charge in [0.15, 0.2) is 12.2 Å². The molecule has 0 radical (unpaired) electrons. The maximum Gasteiger partial charge on any atom is 0.354 e. The maximum atomic E-state index is 13.2. The van der Waals surface area contributed by atoms with E-state index < -0.39 is 84.3 Å². The number of carbonyl (C=O) groups excluding carboxylic acids is 6. The maximum absolute atomic E-state index is 13.2. The van der Waals surface area contributed by atoms with Gasteiger partial charge in [0.25, 0.3) is 0 Å². The van der Waals surface area contributed by atoms with Gasteiger partial charge in [0.05, 0.1) is 6.04 Å². The van der Waals surface area contributed by atoms with Crippen LogP contribution in [0.1, 0.15) is 46.6 Å². The van der Waals surface area contributed by atoms with Gasteiger partial charge in [-0.15, -0.1) is 0 Å². The van der Waals surface area contributed by atoms with Crippen molar-refractivity contribution < 1.29 is 57.2 Å². The predicted octanol–water partition coefficient (Wildman–Crippen LogP) is 1.32. The van der Waals surface area contributed by atoms with Gasteiger partial charge in [-0.1, -0.05) is 41.9 Å². The van der Waals surface area contributed by atoms with Crippen molar-refractivity contribution in [3.05, 3.63) is 35.9 Å². The first kappa shape index (κ1) is 32.5. The molecular weight excluding hydrogens is 554 g/mol. The first-order valence-electron chi connectivity index (χ1n) is 12.2. The quantitative estimate of drug-likeness (QED) is 0.225. The Kier molecular flexibility index (Phi) is 11.9. The van der Waals surface area contributed by atoms with Crippen molar-refractivity contribution in [3.8, 4) is 0 Å². The van der Waals surface area contributed by atoms with Crippen molar-refractivity contribution in [2.75, 3.05) is 6.61 Å². The van der Waals surface area contributed by atoms with Crippen LogP contribution in [0.15, 0.2) is 30.3 Å². The number of benzene rings is 1. The van der Waals surface area contributed by atoms with E-state index in [0.29, 0.717) is 5.56 Å². The highest BCUT2D eigenvalue weighted by Gasteiger charge is 2.57. The van der Waals surface area contributed by atoms with Crippen LogP contribution in [0, 0.1) is 0 Å². The summed E-state index contributed by atoms with van der Waals surface area (Å²) in [6, 6.07) is 7.41. The Balaban J connectivity index is 2.56. The van der Waals surface area contributed by atoms with Crippen LogP contribution in [0.5, 0.6) is 0 Å². The Bertz CT molecular complexity index is 1100. The monoisotopic (exact) mass is 585 g/mol. The van der Waals surface area contributed by atoms with E-state index in [0.717, 1.165) is 27.7 Å². The minimum Gasteiger partial charge on any atom is -0.462 e. The van der Waals surface area contributed by atoms with E-state index in [2.05, 4.69) is 5.32 Å². The van der Waals surface area contributed by atoms with Crippen molar-refractivity contribution in [1.29, 1.82) is 0 Å². The molecule has 1 aliphatic heterocycles. The number of carbonyl (C=O) groups is 6. The molecule has 1 aromatic carbocycles. The van der Waals surface area contributed by atoms with Crippen LogP contribution in [0.2, 0.25) is 0 Å². The van der Waals surface area contributed by atoms with E-state index in [1.165, 1.54) is 6.92 Å². The highest BCUT2D eigenvalue weighted by Crippen LogP contribution is 2.38. The number of nitrogens with one attached hydrogen (secondary N) is 1. The van der Waals surface area contributed by atoms with Gasteiger partial charge >= 0.3 is 29.8 Å². The molecule has 1 aromatic rings. The van der Waals surface area contributed by atoms with Crippen molar-refractivity contribution in [1.82, 2.24) is 5.32 Å². The molecule has 1 amide bonds. The molecule has 40 heavy (non-hydrogen) atoms. The van der Waals surface area contributed by atoms with Crippen LogP contribution in [0.3, 0.4) is 0 Å². The number of halogens is 1. The summed E-state index contributed by atoms with van der Waals surface area (Å²) in [6.07, 6.45) is -6.45. The third-order valence-corrected chi connectivity index (χ3v) is 5.90. The molecule has 1 heterocycles. The number of hydrogen-bond donors (Lipinski definition) is 1. The van der Waals surface area contributed by atoms with Crippen LogP contribution in [-0.4, -0.2) is 77.9 Å². The van der Waals surface area contributed by atoms with Crippen molar-refractivity contribution >= 4 is 47.4 Å². The third kappa shape index (κ3) is 9.79. The number of alkyl halides is 1. The molecule has 1 saturated heterocycles. The summed E-state index contributed by atoms with van der Waals surface area (Å²) in [7, 11) is 0. The lowest BCUT2D eigenvalue weighted by Gasteiger charge is -2.46. The summed E-state index contributed by atoms with van der Waals surface area (Å²) >= 11 is 6.65. The van der Waals surface area contributed by atoms with E-state index in [-0.39, 0.29) is 6.61 Å². The molecule has 1 N–H and O–H groups in total. The summed E-state index contributed by atoms with van der Waals surface area (Å²) in [6.45, 7) is 4.72. The second-order valence-corrected chi connectivity index (χ2v) is 9.59. The van der Waals surface area contributed by atoms with Gasteiger partial charge in [-0.2, -0.15) is 0 Å². The SMILES string of the molecule is CC(=O)N[C@H]1[C@H]([C@@H](OC(C)=O)[C@@H](COC(C)=O)OC(C)=O)O[C@](Cl)(C(=O)OCc2ccccc2)C[C@@H]1OC(C)=O. The molecule has 14 heteroatoms. The lowest BCUT2D eigenvalue weighted by molar-refractivity contribution is -0.226. The summed E-state index contributed by atoms with van der Waals surface area (Å²) in [4.78, 5) is 73.0. The van der Waals surface area contributed by atoms with Gasteiger partial charge in [-0.05, 0) is 5.56 Å². The van der Waals surface area contributed by atoms with Gasteiger partial charge < -0.3 is 33.7 Å². The van der Waals surface area contributed by atoms with E-state index >= 15 is 0 Å². The molecule has 0 aliphatic carbocycles. The zero-order valence-corrected chi connectivity index (χ0v) is 23.4. The first-order chi connectivity index (χ1) is 18.7. The zero-order valence-electron chi connectivity index (χ0n) is 22.7.